The summed E-state index contributed by atoms with van der Waals surface area (Å²) in [6.07, 6.45) is 0.715. The summed E-state index contributed by atoms with van der Waals surface area (Å²) in [7, 11) is 4.69. The molecule has 0 radical (unpaired) electrons. The maximum absolute atomic E-state index is 10.4. The summed E-state index contributed by atoms with van der Waals surface area (Å²) in [5.74, 6) is 2.66. The smallest absolute Gasteiger partial charge is 0.239 e. The fraction of sp³-hybridized carbons (Fsp3) is 0.238. The zero-order valence-electron chi connectivity index (χ0n) is 18.4. The first kappa shape index (κ1) is 24.1. The molecule has 4 aromatic rings. The molecular weight excluding hydrogens is 500 g/mol. The quantitative estimate of drug-likeness (QED) is 0.294. The van der Waals surface area contributed by atoms with E-state index in [-0.39, 0.29) is 0 Å². The van der Waals surface area contributed by atoms with Gasteiger partial charge in [-0.05, 0) is 30.1 Å². The first-order valence-electron chi connectivity index (χ1n) is 9.91. The normalized spacial score (nSPS) is 11.8. The van der Waals surface area contributed by atoms with Crippen LogP contribution in [0.3, 0.4) is 0 Å². The number of para-hydroxylation sites is 1. The molecule has 0 aliphatic rings. The summed E-state index contributed by atoms with van der Waals surface area (Å²) in [6, 6.07) is 10.8. The molecule has 3 aromatic heterocycles. The minimum absolute atomic E-state index is 0.298. The Labute approximate surface area is 209 Å². The van der Waals surface area contributed by atoms with Crippen molar-refractivity contribution >= 4 is 40.8 Å². The highest BCUT2D eigenvalue weighted by molar-refractivity contribution is 8.00. The van der Waals surface area contributed by atoms with Gasteiger partial charge in [0.15, 0.2) is 5.82 Å². The fourth-order valence-corrected chi connectivity index (χ4v) is 4.79. The molecule has 0 spiro atoms. The topological polar surface area (TPSA) is 116 Å². The Kier molecular flexibility index (Phi) is 7.73. The molecule has 0 aliphatic heterocycles. The van der Waals surface area contributed by atoms with Crippen LogP contribution in [0.4, 0.5) is 5.95 Å². The first-order valence-corrected chi connectivity index (χ1v) is 12.1. The molecule has 10 nitrogen and oxygen atoms in total. The maximum atomic E-state index is 10.4. The molecule has 0 saturated heterocycles. The predicted molar refractivity (Wildman–Crippen MR) is 132 cm³/mol. The molecule has 0 saturated carbocycles. The Morgan fingerprint density at radius 2 is 1.82 bits per heavy atom. The molecule has 178 valence electrons. The van der Waals surface area contributed by atoms with E-state index in [4.69, 9.17) is 25.8 Å². The van der Waals surface area contributed by atoms with Crippen molar-refractivity contribution in [1.29, 1.82) is 0 Å². The lowest BCUT2D eigenvalue weighted by Crippen LogP contribution is -2.08. The van der Waals surface area contributed by atoms with Crippen LogP contribution in [0.5, 0.6) is 17.4 Å². The van der Waals surface area contributed by atoms with Crippen molar-refractivity contribution in [2.24, 2.45) is 0 Å². The Balaban J connectivity index is 1.72. The average molecular weight is 521 g/mol. The molecule has 0 aliphatic carbocycles. The minimum Gasteiger partial charge on any atom is -0.494 e. The number of pyridine rings is 1. The van der Waals surface area contributed by atoms with E-state index in [0.29, 0.717) is 55.6 Å². The summed E-state index contributed by atoms with van der Waals surface area (Å²) in [6.45, 7) is 0. The second-order valence-electron chi connectivity index (χ2n) is 6.69. The second-order valence-corrected chi connectivity index (χ2v) is 9.21. The zero-order valence-corrected chi connectivity index (χ0v) is 20.8. The second kappa shape index (κ2) is 10.9. The number of rotatable bonds is 10. The number of thiazole rings is 1. The van der Waals surface area contributed by atoms with E-state index in [1.54, 1.807) is 38.0 Å². The first-order chi connectivity index (χ1) is 16.5. The molecule has 1 aromatic carbocycles. The van der Waals surface area contributed by atoms with Crippen molar-refractivity contribution in [3.63, 3.8) is 0 Å². The molecule has 0 unspecified atom stereocenters. The van der Waals surface area contributed by atoms with Crippen LogP contribution in [0.25, 0.3) is 17.2 Å². The number of aromatic nitrogens is 5. The largest absolute Gasteiger partial charge is 0.494 e. The molecule has 0 amide bonds. The Bertz CT molecular complexity index is 1250. The summed E-state index contributed by atoms with van der Waals surface area (Å²) in [5.41, 5.74) is 1.13. The van der Waals surface area contributed by atoms with Crippen LogP contribution in [-0.4, -0.2) is 56.9 Å². The average Bonchev–Trinajstić information content (AvgIpc) is 3.49. The van der Waals surface area contributed by atoms with Crippen molar-refractivity contribution in [2.75, 3.05) is 31.8 Å². The van der Waals surface area contributed by atoms with Gasteiger partial charge in [-0.3, -0.25) is 9.29 Å². The van der Waals surface area contributed by atoms with Crippen LogP contribution in [-0.2, 0) is 0 Å². The van der Waals surface area contributed by atoms with E-state index in [1.165, 1.54) is 29.5 Å². The third kappa shape index (κ3) is 5.04. The minimum atomic E-state index is -0.799. The Morgan fingerprint density at radius 1 is 1.09 bits per heavy atom. The van der Waals surface area contributed by atoms with Crippen LogP contribution in [0, 0.1) is 0 Å². The number of nitrogens with zero attached hydrogens (tertiary/aromatic N) is 5. The van der Waals surface area contributed by atoms with Gasteiger partial charge in [-0.1, -0.05) is 23.7 Å². The van der Waals surface area contributed by atoms with Crippen LogP contribution in [0.2, 0.25) is 4.34 Å². The number of halogens is 1. The van der Waals surface area contributed by atoms with Crippen molar-refractivity contribution in [2.45, 2.75) is 6.10 Å². The van der Waals surface area contributed by atoms with E-state index in [1.807, 2.05) is 24.3 Å². The van der Waals surface area contributed by atoms with Gasteiger partial charge in [0.1, 0.15) is 38.3 Å². The summed E-state index contributed by atoms with van der Waals surface area (Å²) in [5, 5.41) is 19.6. The third-order valence-corrected chi connectivity index (χ3v) is 6.66. The van der Waals surface area contributed by atoms with Crippen molar-refractivity contribution < 1.29 is 19.3 Å². The summed E-state index contributed by atoms with van der Waals surface area (Å²) < 4.78 is 21.9. The van der Waals surface area contributed by atoms with E-state index in [0.717, 1.165) is 0 Å². The highest BCUT2D eigenvalue weighted by Crippen LogP contribution is 2.38. The number of aliphatic hydroxyl groups excluding tert-OH is 1. The molecule has 0 bridgehead atoms. The van der Waals surface area contributed by atoms with Crippen LogP contribution >= 0.6 is 34.9 Å². The van der Waals surface area contributed by atoms with Gasteiger partial charge >= 0.3 is 0 Å². The Morgan fingerprint density at radius 3 is 2.47 bits per heavy atom. The molecule has 13 heteroatoms. The van der Waals surface area contributed by atoms with Crippen LogP contribution in [0.15, 0.2) is 42.6 Å². The molecule has 0 fully saturated rings. The highest BCUT2D eigenvalue weighted by Gasteiger charge is 2.24. The number of hydrogen-bond acceptors (Lipinski definition) is 11. The summed E-state index contributed by atoms with van der Waals surface area (Å²) in [4.78, 5) is 8.62. The number of anilines is 1. The van der Waals surface area contributed by atoms with Gasteiger partial charge in [-0.2, -0.15) is 0 Å². The van der Waals surface area contributed by atoms with E-state index < -0.39 is 6.10 Å². The van der Waals surface area contributed by atoms with E-state index in [9.17, 15) is 5.11 Å². The number of aliphatic hydroxyl groups is 1. The highest BCUT2D eigenvalue weighted by atomic mass is 35.5. The van der Waals surface area contributed by atoms with E-state index >= 15 is 0 Å². The molecule has 34 heavy (non-hydrogen) atoms. The molecule has 4 rings (SSSR count). The standard InChI is InChI=1S/C21H21ClN6O4S2/c1-30-14-7-5-8-15(31-2)18(14)28-19(12-6-4-9-17(24-12)32-3)25-26-21(28)27-33-11-13(29)20-23-10-16(22)34-20/h4-10,13,29H,11H2,1-3H3,(H,26,27)/t13-/m0/s1. The van der Waals surface area contributed by atoms with Crippen LogP contribution < -0.4 is 18.9 Å². The number of nitrogens with one attached hydrogen (secondary N) is 1. The van der Waals surface area contributed by atoms with Crippen molar-refractivity contribution in [3.05, 3.63) is 51.9 Å². The van der Waals surface area contributed by atoms with Gasteiger partial charge in [0.05, 0.1) is 27.5 Å². The molecule has 3 heterocycles. The number of ether oxygens (including phenoxy) is 3. The monoisotopic (exact) mass is 520 g/mol. The lowest BCUT2D eigenvalue weighted by Gasteiger charge is -2.17. The van der Waals surface area contributed by atoms with Crippen molar-refractivity contribution in [1.82, 2.24) is 24.7 Å². The fourth-order valence-electron chi connectivity index (χ4n) is 3.11. The molecule has 2 N–H and O–H groups in total. The molecule has 1 atom stereocenters. The van der Waals surface area contributed by atoms with E-state index in [2.05, 4.69) is 24.9 Å². The van der Waals surface area contributed by atoms with Gasteiger partial charge in [0, 0.05) is 11.8 Å². The van der Waals surface area contributed by atoms with Gasteiger partial charge in [-0.15, -0.1) is 21.5 Å². The van der Waals surface area contributed by atoms with Crippen molar-refractivity contribution in [3.8, 4) is 34.6 Å². The maximum Gasteiger partial charge on any atom is 0.239 e. The van der Waals surface area contributed by atoms with Crippen LogP contribution in [0.1, 0.15) is 11.1 Å². The predicted octanol–water partition coefficient (Wildman–Crippen LogP) is 4.26. The number of methoxy groups -OCH3 is 3. The molecular formula is C21H21ClN6O4S2. The lowest BCUT2D eigenvalue weighted by atomic mass is 10.2. The summed E-state index contributed by atoms with van der Waals surface area (Å²) >= 11 is 8.40. The van der Waals surface area contributed by atoms with Gasteiger partial charge in [0.2, 0.25) is 11.8 Å². The van der Waals surface area contributed by atoms with Gasteiger partial charge in [0.25, 0.3) is 0 Å². The Hall–Kier alpha value is -3.06. The van der Waals surface area contributed by atoms with Gasteiger partial charge in [-0.25, -0.2) is 9.97 Å². The lowest BCUT2D eigenvalue weighted by molar-refractivity contribution is 0.203. The number of benzene rings is 1. The third-order valence-electron chi connectivity index (χ3n) is 4.64. The number of hydrogen-bond donors (Lipinski definition) is 2. The van der Waals surface area contributed by atoms with Gasteiger partial charge < -0.3 is 19.3 Å². The SMILES string of the molecule is COc1cccc(-c2nnc(NSC[C@H](O)c3ncc(Cl)s3)n2-c2c(OC)cccc2OC)n1. The zero-order chi connectivity index (χ0) is 24.1.